The predicted molar refractivity (Wildman–Crippen MR) is 71.4 cm³/mol. The minimum absolute atomic E-state index is 0.506. The molecule has 2 aromatic heterocycles. The minimum Gasteiger partial charge on any atom is -0.469 e. The van der Waals surface area contributed by atoms with Gasteiger partial charge in [0, 0.05) is 38.3 Å². The summed E-state index contributed by atoms with van der Waals surface area (Å²) in [5.41, 5.74) is 0. The lowest BCUT2D eigenvalue weighted by Gasteiger charge is -2.15. The normalized spacial score (nSPS) is 12.8. The van der Waals surface area contributed by atoms with Gasteiger partial charge in [0.25, 0.3) is 0 Å². The highest BCUT2D eigenvalue weighted by Crippen LogP contribution is 2.10. The molecule has 0 aromatic carbocycles. The first-order chi connectivity index (χ1) is 8.79. The molecule has 0 spiro atoms. The number of imidazole rings is 1. The molecule has 0 aliphatic rings. The molecule has 4 nitrogen and oxygen atoms in total. The number of hydrogen-bond acceptors (Lipinski definition) is 3. The largest absolute Gasteiger partial charge is 0.469 e. The highest BCUT2D eigenvalue weighted by atomic mass is 16.3. The predicted octanol–water partition coefficient (Wildman–Crippen LogP) is 2.17. The average Bonchev–Trinajstić information content (AvgIpc) is 3.01. The van der Waals surface area contributed by atoms with E-state index in [1.807, 2.05) is 38.6 Å². The van der Waals surface area contributed by atoms with Crippen LogP contribution in [0.25, 0.3) is 0 Å². The van der Waals surface area contributed by atoms with Gasteiger partial charge < -0.3 is 14.3 Å². The van der Waals surface area contributed by atoms with Crippen LogP contribution in [-0.4, -0.2) is 22.6 Å². The van der Waals surface area contributed by atoms with E-state index in [4.69, 9.17) is 4.42 Å². The minimum atomic E-state index is 0.506. The molecule has 1 N–H and O–H groups in total. The molecule has 2 rings (SSSR count). The van der Waals surface area contributed by atoms with Crippen LogP contribution < -0.4 is 5.32 Å². The molecular weight excluding hydrogens is 226 g/mol. The van der Waals surface area contributed by atoms with Crippen LogP contribution in [0.5, 0.6) is 0 Å². The van der Waals surface area contributed by atoms with Gasteiger partial charge in [-0.05, 0) is 32.0 Å². The van der Waals surface area contributed by atoms with Crippen LogP contribution in [0.3, 0.4) is 0 Å². The van der Waals surface area contributed by atoms with Crippen LogP contribution in [0, 0.1) is 0 Å². The second-order valence-electron chi connectivity index (χ2n) is 4.60. The van der Waals surface area contributed by atoms with Crippen molar-refractivity contribution < 1.29 is 4.42 Å². The van der Waals surface area contributed by atoms with Gasteiger partial charge in [-0.1, -0.05) is 0 Å². The number of aryl methyl sites for hydroxylation is 3. The zero-order valence-corrected chi connectivity index (χ0v) is 11.1. The summed E-state index contributed by atoms with van der Waals surface area (Å²) in [6, 6.07) is 4.48. The van der Waals surface area contributed by atoms with Gasteiger partial charge in [-0.15, -0.1) is 0 Å². The summed E-state index contributed by atoms with van der Waals surface area (Å²) in [6.45, 7) is 0. The Kier molecular flexibility index (Phi) is 4.59. The molecule has 0 fully saturated rings. The van der Waals surface area contributed by atoms with Crippen LogP contribution in [-0.2, 0) is 19.9 Å². The Labute approximate surface area is 108 Å². The van der Waals surface area contributed by atoms with Crippen molar-refractivity contribution in [2.45, 2.75) is 31.7 Å². The van der Waals surface area contributed by atoms with E-state index in [1.165, 1.54) is 0 Å². The number of hydrogen-bond donors (Lipinski definition) is 1. The smallest absolute Gasteiger partial charge is 0.108 e. The molecule has 0 amide bonds. The fourth-order valence-corrected chi connectivity index (χ4v) is 2.15. The summed E-state index contributed by atoms with van der Waals surface area (Å²) < 4.78 is 7.44. The summed E-state index contributed by atoms with van der Waals surface area (Å²) in [7, 11) is 4.06. The van der Waals surface area contributed by atoms with Crippen molar-refractivity contribution in [3.8, 4) is 0 Å². The third-order valence-electron chi connectivity index (χ3n) is 3.36. The van der Waals surface area contributed by atoms with Gasteiger partial charge in [0.2, 0.25) is 0 Å². The molecule has 1 unspecified atom stereocenters. The Balaban J connectivity index is 1.77. The zero-order valence-electron chi connectivity index (χ0n) is 11.1. The number of furan rings is 1. The van der Waals surface area contributed by atoms with E-state index in [1.54, 1.807) is 6.26 Å². The molecule has 0 saturated carbocycles. The van der Waals surface area contributed by atoms with Crippen molar-refractivity contribution in [2.24, 2.45) is 7.05 Å². The Morgan fingerprint density at radius 3 is 2.83 bits per heavy atom. The first-order valence-electron chi connectivity index (χ1n) is 6.45. The summed E-state index contributed by atoms with van der Waals surface area (Å²) in [4.78, 5) is 4.35. The van der Waals surface area contributed by atoms with E-state index in [0.29, 0.717) is 6.04 Å². The maximum absolute atomic E-state index is 5.35. The highest BCUT2D eigenvalue weighted by molar-refractivity contribution is 4.99. The van der Waals surface area contributed by atoms with Crippen LogP contribution in [0.2, 0.25) is 0 Å². The van der Waals surface area contributed by atoms with E-state index >= 15 is 0 Å². The number of aromatic nitrogens is 2. The van der Waals surface area contributed by atoms with Gasteiger partial charge in [0.15, 0.2) is 0 Å². The molecule has 0 saturated heterocycles. The van der Waals surface area contributed by atoms with Crippen molar-refractivity contribution >= 4 is 0 Å². The molecule has 1 atom stereocenters. The molecule has 0 aliphatic carbocycles. The number of nitrogens with zero attached hydrogens (tertiary/aromatic N) is 2. The fraction of sp³-hybridized carbons (Fsp3) is 0.500. The van der Waals surface area contributed by atoms with E-state index in [2.05, 4.69) is 14.9 Å². The SMILES string of the molecule is CNC(CCc1ccco1)CCc1nccn1C. The van der Waals surface area contributed by atoms with E-state index < -0.39 is 0 Å². The summed E-state index contributed by atoms with van der Waals surface area (Å²) in [5.74, 6) is 2.21. The van der Waals surface area contributed by atoms with Crippen LogP contribution in [0.4, 0.5) is 0 Å². The summed E-state index contributed by atoms with van der Waals surface area (Å²) >= 11 is 0. The van der Waals surface area contributed by atoms with Crippen molar-refractivity contribution in [2.75, 3.05) is 7.05 Å². The fourth-order valence-electron chi connectivity index (χ4n) is 2.15. The average molecular weight is 247 g/mol. The summed E-state index contributed by atoms with van der Waals surface area (Å²) in [5, 5.41) is 3.37. The van der Waals surface area contributed by atoms with Crippen LogP contribution >= 0.6 is 0 Å². The second-order valence-corrected chi connectivity index (χ2v) is 4.60. The standard InChI is InChI=1S/C14H21N3O/c1-15-12(5-7-13-4-3-11-18-13)6-8-14-16-9-10-17(14)2/h3-4,9-12,15H,5-8H2,1-2H3. The zero-order chi connectivity index (χ0) is 12.8. The monoisotopic (exact) mass is 247 g/mol. The van der Waals surface area contributed by atoms with E-state index in [9.17, 15) is 0 Å². The van der Waals surface area contributed by atoms with Crippen molar-refractivity contribution in [1.82, 2.24) is 14.9 Å². The quantitative estimate of drug-likeness (QED) is 0.815. The van der Waals surface area contributed by atoms with Crippen molar-refractivity contribution in [3.63, 3.8) is 0 Å². The highest BCUT2D eigenvalue weighted by Gasteiger charge is 2.09. The van der Waals surface area contributed by atoms with Gasteiger partial charge in [0.1, 0.15) is 11.6 Å². The number of rotatable bonds is 7. The summed E-state index contributed by atoms with van der Waals surface area (Å²) in [6.07, 6.45) is 9.76. The molecular formula is C14H21N3O. The number of nitrogens with one attached hydrogen (secondary N) is 1. The maximum Gasteiger partial charge on any atom is 0.108 e. The van der Waals surface area contributed by atoms with Gasteiger partial charge in [-0.2, -0.15) is 0 Å². The molecule has 4 heteroatoms. The first-order valence-corrected chi connectivity index (χ1v) is 6.45. The molecule has 2 heterocycles. The van der Waals surface area contributed by atoms with E-state index in [0.717, 1.165) is 37.3 Å². The Bertz CT molecular complexity index is 447. The second kappa shape index (κ2) is 6.40. The molecule has 0 bridgehead atoms. The molecule has 2 aromatic rings. The molecule has 0 aliphatic heterocycles. The van der Waals surface area contributed by atoms with Gasteiger partial charge in [-0.3, -0.25) is 0 Å². The van der Waals surface area contributed by atoms with Gasteiger partial charge in [-0.25, -0.2) is 4.98 Å². The van der Waals surface area contributed by atoms with Crippen molar-refractivity contribution in [3.05, 3.63) is 42.4 Å². The molecule has 0 radical (unpaired) electrons. The lowest BCUT2D eigenvalue weighted by molar-refractivity contribution is 0.443. The molecule has 98 valence electrons. The van der Waals surface area contributed by atoms with Crippen molar-refractivity contribution in [1.29, 1.82) is 0 Å². The van der Waals surface area contributed by atoms with Crippen LogP contribution in [0.15, 0.2) is 35.2 Å². The Hall–Kier alpha value is -1.55. The Morgan fingerprint density at radius 1 is 1.39 bits per heavy atom. The molecule has 18 heavy (non-hydrogen) atoms. The van der Waals surface area contributed by atoms with Gasteiger partial charge >= 0.3 is 0 Å². The first kappa shape index (κ1) is 12.9. The van der Waals surface area contributed by atoms with Crippen LogP contribution in [0.1, 0.15) is 24.4 Å². The third-order valence-corrected chi connectivity index (χ3v) is 3.36. The van der Waals surface area contributed by atoms with Gasteiger partial charge in [0.05, 0.1) is 6.26 Å². The lowest BCUT2D eigenvalue weighted by atomic mass is 10.0. The topological polar surface area (TPSA) is 43.0 Å². The Morgan fingerprint density at radius 2 is 2.22 bits per heavy atom. The third kappa shape index (κ3) is 3.47. The lowest BCUT2D eigenvalue weighted by Crippen LogP contribution is -2.26. The maximum atomic E-state index is 5.35. The van der Waals surface area contributed by atoms with E-state index in [-0.39, 0.29) is 0 Å².